The van der Waals surface area contributed by atoms with Crippen LogP contribution in [0, 0.1) is 0 Å². The first kappa shape index (κ1) is 23.4. The van der Waals surface area contributed by atoms with Crippen LogP contribution in [0.1, 0.15) is 23.2 Å². The van der Waals surface area contributed by atoms with E-state index >= 15 is 0 Å². The molecule has 1 atom stereocenters. The minimum absolute atomic E-state index is 0.0602. The molecule has 0 radical (unpaired) electrons. The number of amides is 2. The molecule has 170 valence electrons. The molecule has 0 unspecified atom stereocenters. The number of sulfonamides is 1. The highest BCUT2D eigenvalue weighted by Crippen LogP contribution is 2.18. The number of hydrogen-bond acceptors (Lipinski definition) is 5. The Morgan fingerprint density at radius 3 is 2.03 bits per heavy atom. The second-order valence-electron chi connectivity index (χ2n) is 7.37. The van der Waals surface area contributed by atoms with E-state index in [9.17, 15) is 27.9 Å². The zero-order chi connectivity index (χ0) is 23.1. The number of piperazine rings is 1. The Hall–Kier alpha value is -3.24. The average molecular weight is 460 g/mol. The van der Waals surface area contributed by atoms with E-state index < -0.39 is 27.9 Å². The minimum atomic E-state index is -3.62. The maximum Gasteiger partial charge on any atom is 0.326 e. The highest BCUT2D eigenvalue weighted by atomic mass is 32.2. The molecule has 1 heterocycles. The standard InChI is InChI=1S/C22H25N3O6S/c26-20(12-11-19(22(28)29)23-21(27)17-7-3-1-4-8-17)24-13-15-25(16-14-24)32(30,31)18-9-5-2-6-10-18/h1-10,19H,11-16H2,(H,23,27)(H,28,29)/t19-/m0/s1. The molecule has 0 bridgehead atoms. The fraction of sp³-hybridized carbons (Fsp3) is 0.318. The van der Waals surface area contributed by atoms with Gasteiger partial charge in [0.05, 0.1) is 4.90 Å². The third-order valence-electron chi connectivity index (χ3n) is 5.26. The molecule has 2 N–H and O–H groups in total. The first-order chi connectivity index (χ1) is 15.3. The topological polar surface area (TPSA) is 124 Å². The smallest absolute Gasteiger partial charge is 0.326 e. The normalized spacial score (nSPS) is 15.7. The van der Waals surface area contributed by atoms with Gasteiger partial charge in [-0.2, -0.15) is 4.31 Å². The van der Waals surface area contributed by atoms with Crippen LogP contribution >= 0.6 is 0 Å². The van der Waals surface area contributed by atoms with Gasteiger partial charge in [0.15, 0.2) is 0 Å². The number of carbonyl (C=O) groups is 3. The van der Waals surface area contributed by atoms with Crippen molar-refractivity contribution < 1.29 is 27.9 Å². The van der Waals surface area contributed by atoms with E-state index in [0.717, 1.165) is 0 Å². The van der Waals surface area contributed by atoms with Crippen LogP contribution in [0.2, 0.25) is 0 Å². The molecule has 0 aromatic heterocycles. The van der Waals surface area contributed by atoms with E-state index in [4.69, 9.17) is 0 Å². The third-order valence-corrected chi connectivity index (χ3v) is 7.17. The van der Waals surface area contributed by atoms with Crippen molar-refractivity contribution >= 4 is 27.8 Å². The van der Waals surface area contributed by atoms with E-state index in [1.165, 1.54) is 21.3 Å². The first-order valence-electron chi connectivity index (χ1n) is 10.2. The number of carboxylic acid groups (broad SMARTS) is 1. The molecule has 0 aliphatic carbocycles. The SMILES string of the molecule is O=C(N[C@@H](CCC(=O)N1CCN(S(=O)(=O)c2ccccc2)CC1)C(=O)O)c1ccccc1. The van der Waals surface area contributed by atoms with Gasteiger partial charge in [-0.1, -0.05) is 36.4 Å². The van der Waals surface area contributed by atoms with Crippen LogP contribution in [0.3, 0.4) is 0 Å². The Bertz CT molecular complexity index is 1050. The number of hydrogen-bond donors (Lipinski definition) is 2. The van der Waals surface area contributed by atoms with E-state index in [1.54, 1.807) is 48.5 Å². The highest BCUT2D eigenvalue weighted by Gasteiger charge is 2.30. The van der Waals surface area contributed by atoms with Crippen molar-refractivity contribution in [2.45, 2.75) is 23.8 Å². The number of nitrogens with one attached hydrogen (secondary N) is 1. The largest absolute Gasteiger partial charge is 0.480 e. The van der Waals surface area contributed by atoms with E-state index in [2.05, 4.69) is 5.32 Å². The van der Waals surface area contributed by atoms with E-state index in [0.29, 0.717) is 5.56 Å². The molecule has 1 saturated heterocycles. The summed E-state index contributed by atoms with van der Waals surface area (Å²) in [7, 11) is -3.62. The van der Waals surface area contributed by atoms with Crippen LogP contribution in [-0.4, -0.2) is 72.7 Å². The molecular weight excluding hydrogens is 434 g/mol. The second-order valence-corrected chi connectivity index (χ2v) is 9.30. The van der Waals surface area contributed by atoms with Gasteiger partial charge in [0, 0.05) is 38.2 Å². The van der Waals surface area contributed by atoms with E-state index in [1.807, 2.05) is 0 Å². The maximum atomic E-state index is 12.7. The summed E-state index contributed by atoms with van der Waals surface area (Å²) in [6.45, 7) is 0.768. The molecule has 3 rings (SSSR count). The molecular formula is C22H25N3O6S. The fourth-order valence-corrected chi connectivity index (χ4v) is 4.88. The van der Waals surface area contributed by atoms with Crippen LogP contribution in [0.15, 0.2) is 65.6 Å². The minimum Gasteiger partial charge on any atom is -0.480 e. The lowest BCUT2D eigenvalue weighted by Gasteiger charge is -2.34. The van der Waals surface area contributed by atoms with Crippen molar-refractivity contribution in [2.75, 3.05) is 26.2 Å². The predicted octanol–water partition coefficient (Wildman–Crippen LogP) is 1.18. The summed E-state index contributed by atoms with van der Waals surface area (Å²) < 4.78 is 26.7. The zero-order valence-corrected chi connectivity index (χ0v) is 18.2. The van der Waals surface area contributed by atoms with Gasteiger partial charge >= 0.3 is 5.97 Å². The van der Waals surface area contributed by atoms with Gasteiger partial charge in [-0.05, 0) is 30.7 Å². The fourth-order valence-electron chi connectivity index (χ4n) is 3.43. The monoisotopic (exact) mass is 459 g/mol. The third kappa shape index (κ3) is 5.71. The van der Waals surface area contributed by atoms with Gasteiger partial charge in [-0.3, -0.25) is 9.59 Å². The van der Waals surface area contributed by atoms with Crippen LogP contribution in [0.4, 0.5) is 0 Å². The number of carbonyl (C=O) groups excluding carboxylic acids is 2. The summed E-state index contributed by atoms with van der Waals surface area (Å²) in [6.07, 6.45) is -0.132. The lowest BCUT2D eigenvalue weighted by molar-refractivity contribution is -0.139. The summed E-state index contributed by atoms with van der Waals surface area (Å²) in [5, 5.41) is 11.9. The molecule has 0 spiro atoms. The lowest BCUT2D eigenvalue weighted by Crippen LogP contribution is -2.50. The average Bonchev–Trinajstić information content (AvgIpc) is 2.82. The van der Waals surface area contributed by atoms with Crippen molar-refractivity contribution in [2.24, 2.45) is 0 Å². The van der Waals surface area contributed by atoms with Gasteiger partial charge in [-0.25, -0.2) is 13.2 Å². The van der Waals surface area contributed by atoms with Gasteiger partial charge in [-0.15, -0.1) is 0 Å². The Morgan fingerprint density at radius 1 is 0.906 bits per heavy atom. The van der Waals surface area contributed by atoms with Crippen LogP contribution < -0.4 is 5.32 Å². The molecule has 1 aliphatic heterocycles. The Labute approximate surface area is 186 Å². The molecule has 1 fully saturated rings. The molecule has 1 aliphatic rings. The first-order valence-corrected chi connectivity index (χ1v) is 11.6. The highest BCUT2D eigenvalue weighted by molar-refractivity contribution is 7.89. The molecule has 0 saturated carbocycles. The molecule has 9 nitrogen and oxygen atoms in total. The Morgan fingerprint density at radius 2 is 1.47 bits per heavy atom. The number of carboxylic acids is 1. The molecule has 32 heavy (non-hydrogen) atoms. The van der Waals surface area contributed by atoms with Gasteiger partial charge < -0.3 is 15.3 Å². The Kier molecular flexibility index (Phi) is 7.60. The zero-order valence-electron chi connectivity index (χ0n) is 17.4. The van der Waals surface area contributed by atoms with Crippen molar-refractivity contribution in [3.05, 3.63) is 66.2 Å². The summed E-state index contributed by atoms with van der Waals surface area (Å²) in [5.74, 6) is -2.02. The molecule has 10 heteroatoms. The summed E-state index contributed by atoms with van der Waals surface area (Å²) >= 11 is 0. The second kappa shape index (κ2) is 10.4. The van der Waals surface area contributed by atoms with Crippen LogP contribution in [0.5, 0.6) is 0 Å². The maximum absolute atomic E-state index is 12.7. The van der Waals surface area contributed by atoms with E-state index in [-0.39, 0.29) is 49.8 Å². The quantitative estimate of drug-likeness (QED) is 0.611. The van der Waals surface area contributed by atoms with Crippen LogP contribution in [0.25, 0.3) is 0 Å². The number of aliphatic carboxylic acids is 1. The summed E-state index contributed by atoms with van der Waals surface area (Å²) in [4.78, 5) is 38.0. The van der Waals surface area contributed by atoms with Crippen molar-refractivity contribution in [1.29, 1.82) is 0 Å². The number of nitrogens with zero attached hydrogens (tertiary/aromatic N) is 2. The van der Waals surface area contributed by atoms with Crippen molar-refractivity contribution in [3.8, 4) is 0 Å². The number of benzene rings is 2. The lowest BCUT2D eigenvalue weighted by atomic mass is 10.1. The summed E-state index contributed by atoms with van der Waals surface area (Å²) in [6, 6.07) is 15.1. The van der Waals surface area contributed by atoms with Crippen molar-refractivity contribution in [3.63, 3.8) is 0 Å². The van der Waals surface area contributed by atoms with Crippen molar-refractivity contribution in [1.82, 2.24) is 14.5 Å². The number of rotatable bonds is 8. The summed E-state index contributed by atoms with van der Waals surface area (Å²) in [5.41, 5.74) is 0.334. The molecule has 2 aromatic carbocycles. The van der Waals surface area contributed by atoms with Gasteiger partial charge in [0.1, 0.15) is 6.04 Å². The van der Waals surface area contributed by atoms with Gasteiger partial charge in [0.25, 0.3) is 5.91 Å². The molecule has 2 aromatic rings. The molecule has 2 amide bonds. The predicted molar refractivity (Wildman–Crippen MR) is 116 cm³/mol. The van der Waals surface area contributed by atoms with Gasteiger partial charge in [0.2, 0.25) is 15.9 Å². The Balaban J connectivity index is 1.51. The van der Waals surface area contributed by atoms with Crippen LogP contribution in [-0.2, 0) is 19.6 Å².